The van der Waals surface area contributed by atoms with Crippen molar-refractivity contribution in [1.29, 1.82) is 0 Å². The van der Waals surface area contributed by atoms with E-state index in [1.54, 1.807) is 4.90 Å². The van der Waals surface area contributed by atoms with E-state index in [4.69, 9.17) is 10.5 Å². The maximum Gasteiger partial charge on any atom is 0.265 e. The molecule has 1 aliphatic rings. The Hall–Kier alpha value is -1.59. The normalized spacial score (nSPS) is 16.2. The second kappa shape index (κ2) is 5.37. The number of nitrogens with two attached hydrogens (primary N) is 1. The number of benzene rings is 1. The first-order valence-corrected chi connectivity index (χ1v) is 6.09. The van der Waals surface area contributed by atoms with Crippen LogP contribution >= 0.6 is 0 Å². The van der Waals surface area contributed by atoms with Gasteiger partial charge in [-0.15, -0.1) is 0 Å². The molecule has 0 spiro atoms. The molecule has 1 aromatic carbocycles. The van der Waals surface area contributed by atoms with Gasteiger partial charge in [0.1, 0.15) is 5.75 Å². The molecule has 0 bridgehead atoms. The number of amides is 1. The van der Waals surface area contributed by atoms with Gasteiger partial charge in [-0.05, 0) is 31.7 Å². The molecule has 3 N–H and O–H groups in total. The lowest BCUT2D eigenvalue weighted by Gasteiger charge is -2.33. The SMILES string of the molecule is CNCc1ccc2c(c1)N(C(C)CN)C(=O)CO2. The van der Waals surface area contributed by atoms with Gasteiger partial charge in [-0.2, -0.15) is 0 Å². The van der Waals surface area contributed by atoms with Crippen molar-refractivity contribution in [1.82, 2.24) is 5.32 Å². The van der Waals surface area contributed by atoms with E-state index < -0.39 is 0 Å². The zero-order chi connectivity index (χ0) is 13.1. The van der Waals surface area contributed by atoms with Crippen LogP contribution in [0.3, 0.4) is 0 Å². The molecule has 0 aliphatic carbocycles. The summed E-state index contributed by atoms with van der Waals surface area (Å²) in [6, 6.07) is 5.86. The first kappa shape index (κ1) is 12.9. The summed E-state index contributed by atoms with van der Waals surface area (Å²) in [6.07, 6.45) is 0. The van der Waals surface area contributed by atoms with Crippen LogP contribution in [-0.4, -0.2) is 32.1 Å². The summed E-state index contributed by atoms with van der Waals surface area (Å²) in [6.45, 7) is 3.22. The minimum absolute atomic E-state index is 0.0232. The molecule has 1 aliphatic heterocycles. The van der Waals surface area contributed by atoms with Crippen LogP contribution in [0.15, 0.2) is 18.2 Å². The van der Waals surface area contributed by atoms with Gasteiger partial charge in [0, 0.05) is 19.1 Å². The smallest absolute Gasteiger partial charge is 0.265 e. The Bertz CT molecular complexity index is 448. The Morgan fingerprint density at radius 2 is 2.33 bits per heavy atom. The lowest BCUT2D eigenvalue weighted by atomic mass is 10.1. The van der Waals surface area contributed by atoms with Gasteiger partial charge in [-0.3, -0.25) is 4.79 Å². The van der Waals surface area contributed by atoms with E-state index in [1.807, 2.05) is 32.2 Å². The van der Waals surface area contributed by atoms with Crippen LogP contribution in [0.25, 0.3) is 0 Å². The summed E-state index contributed by atoms with van der Waals surface area (Å²) >= 11 is 0. The fraction of sp³-hybridized carbons (Fsp3) is 0.462. The highest BCUT2D eigenvalue weighted by atomic mass is 16.5. The third kappa shape index (κ3) is 2.32. The molecule has 1 amide bonds. The van der Waals surface area contributed by atoms with Crippen molar-refractivity contribution < 1.29 is 9.53 Å². The van der Waals surface area contributed by atoms with Crippen LogP contribution in [0.5, 0.6) is 5.75 Å². The molecule has 0 saturated carbocycles. The predicted molar refractivity (Wildman–Crippen MR) is 70.7 cm³/mol. The largest absolute Gasteiger partial charge is 0.482 e. The molecule has 5 heteroatoms. The van der Waals surface area contributed by atoms with Crippen LogP contribution in [0.4, 0.5) is 5.69 Å². The molecule has 98 valence electrons. The van der Waals surface area contributed by atoms with E-state index in [1.165, 1.54) is 0 Å². The molecule has 1 aromatic rings. The number of hydrogen-bond acceptors (Lipinski definition) is 4. The average molecular weight is 249 g/mol. The summed E-state index contributed by atoms with van der Waals surface area (Å²) < 4.78 is 5.44. The van der Waals surface area contributed by atoms with Gasteiger partial charge in [0.05, 0.1) is 5.69 Å². The number of nitrogens with zero attached hydrogens (tertiary/aromatic N) is 1. The Balaban J connectivity index is 2.39. The molecule has 0 aromatic heterocycles. The zero-order valence-electron chi connectivity index (χ0n) is 10.8. The minimum atomic E-state index is -0.0398. The number of fused-ring (bicyclic) bond motifs is 1. The third-order valence-electron chi connectivity index (χ3n) is 3.07. The van der Waals surface area contributed by atoms with Crippen molar-refractivity contribution in [2.24, 2.45) is 5.73 Å². The van der Waals surface area contributed by atoms with Crippen molar-refractivity contribution in [2.45, 2.75) is 19.5 Å². The molecule has 1 heterocycles. The Labute approximate surface area is 107 Å². The molecular formula is C13H19N3O2. The molecule has 0 radical (unpaired) electrons. The summed E-state index contributed by atoms with van der Waals surface area (Å²) in [5.74, 6) is 0.705. The van der Waals surface area contributed by atoms with Gasteiger partial charge in [0.2, 0.25) is 0 Å². The van der Waals surface area contributed by atoms with E-state index in [9.17, 15) is 4.79 Å². The predicted octanol–water partition coefficient (Wildman–Crippen LogP) is 0.479. The summed E-state index contributed by atoms with van der Waals surface area (Å²) in [5, 5.41) is 3.09. The fourth-order valence-corrected chi connectivity index (χ4v) is 2.12. The average Bonchev–Trinajstić information content (AvgIpc) is 2.38. The number of carbonyl (C=O) groups excluding carboxylic acids is 1. The number of rotatable bonds is 4. The van der Waals surface area contributed by atoms with Gasteiger partial charge >= 0.3 is 0 Å². The number of hydrogen-bond donors (Lipinski definition) is 2. The Morgan fingerprint density at radius 1 is 1.56 bits per heavy atom. The molecule has 18 heavy (non-hydrogen) atoms. The maximum absolute atomic E-state index is 12.0. The van der Waals surface area contributed by atoms with Crippen LogP contribution in [0.2, 0.25) is 0 Å². The second-order valence-corrected chi connectivity index (χ2v) is 4.47. The monoisotopic (exact) mass is 249 g/mol. The van der Waals surface area contributed by atoms with E-state index in [-0.39, 0.29) is 18.6 Å². The topological polar surface area (TPSA) is 67.6 Å². The molecule has 5 nitrogen and oxygen atoms in total. The second-order valence-electron chi connectivity index (χ2n) is 4.47. The van der Waals surface area contributed by atoms with E-state index in [2.05, 4.69) is 5.32 Å². The quantitative estimate of drug-likeness (QED) is 0.814. The first-order chi connectivity index (χ1) is 8.67. The van der Waals surface area contributed by atoms with Crippen LogP contribution < -0.4 is 20.7 Å². The van der Waals surface area contributed by atoms with Gasteiger partial charge in [-0.1, -0.05) is 6.07 Å². The Kier molecular flexibility index (Phi) is 3.84. The van der Waals surface area contributed by atoms with Crippen LogP contribution in [-0.2, 0) is 11.3 Å². The van der Waals surface area contributed by atoms with E-state index >= 15 is 0 Å². The van der Waals surface area contributed by atoms with Crippen molar-refractivity contribution >= 4 is 11.6 Å². The summed E-state index contributed by atoms with van der Waals surface area (Å²) in [4.78, 5) is 13.7. The zero-order valence-corrected chi connectivity index (χ0v) is 10.8. The molecule has 0 saturated heterocycles. The van der Waals surface area contributed by atoms with Crippen LogP contribution in [0.1, 0.15) is 12.5 Å². The van der Waals surface area contributed by atoms with Gasteiger partial charge in [0.15, 0.2) is 6.61 Å². The Morgan fingerprint density at radius 3 is 3.00 bits per heavy atom. The molecule has 2 rings (SSSR count). The van der Waals surface area contributed by atoms with Gasteiger partial charge in [-0.25, -0.2) is 0 Å². The third-order valence-corrected chi connectivity index (χ3v) is 3.07. The fourth-order valence-electron chi connectivity index (χ4n) is 2.12. The molecular weight excluding hydrogens is 230 g/mol. The van der Waals surface area contributed by atoms with Gasteiger partial charge in [0.25, 0.3) is 5.91 Å². The number of anilines is 1. The van der Waals surface area contributed by atoms with Crippen molar-refractivity contribution in [2.75, 3.05) is 25.1 Å². The lowest BCUT2D eigenvalue weighted by Crippen LogP contribution is -2.47. The number of nitrogens with one attached hydrogen (secondary N) is 1. The van der Waals surface area contributed by atoms with E-state index in [0.29, 0.717) is 6.54 Å². The van der Waals surface area contributed by atoms with E-state index in [0.717, 1.165) is 23.5 Å². The molecule has 1 unspecified atom stereocenters. The molecule has 0 fully saturated rings. The summed E-state index contributed by atoms with van der Waals surface area (Å²) in [5.41, 5.74) is 7.60. The highest BCUT2D eigenvalue weighted by Crippen LogP contribution is 2.34. The highest BCUT2D eigenvalue weighted by Gasteiger charge is 2.28. The van der Waals surface area contributed by atoms with Gasteiger partial charge < -0.3 is 20.7 Å². The number of ether oxygens (including phenoxy) is 1. The highest BCUT2D eigenvalue weighted by molar-refractivity contribution is 5.98. The van der Waals surface area contributed by atoms with Crippen molar-refractivity contribution in [3.8, 4) is 5.75 Å². The van der Waals surface area contributed by atoms with Crippen LogP contribution in [0, 0.1) is 0 Å². The first-order valence-electron chi connectivity index (χ1n) is 6.09. The van der Waals surface area contributed by atoms with Crippen molar-refractivity contribution in [3.63, 3.8) is 0 Å². The molecule has 1 atom stereocenters. The number of carbonyl (C=O) groups is 1. The lowest BCUT2D eigenvalue weighted by molar-refractivity contribution is -0.121. The standard InChI is InChI=1S/C13H19N3O2/c1-9(6-14)16-11-5-10(7-15-2)3-4-12(11)18-8-13(16)17/h3-5,9,15H,6-8,14H2,1-2H3. The summed E-state index contributed by atoms with van der Waals surface area (Å²) in [7, 11) is 1.89. The van der Waals surface area contributed by atoms with Crippen molar-refractivity contribution in [3.05, 3.63) is 23.8 Å². The maximum atomic E-state index is 12.0. The minimum Gasteiger partial charge on any atom is -0.482 e.